The number of thiazole rings is 1. The summed E-state index contributed by atoms with van der Waals surface area (Å²) in [6.45, 7) is 0.484. The van der Waals surface area contributed by atoms with Gasteiger partial charge in [0.1, 0.15) is 0 Å². The number of nitrogens with one attached hydrogen (secondary N) is 1. The molecule has 1 aromatic rings. The Morgan fingerprint density at radius 2 is 2.24 bits per heavy atom. The Labute approximate surface area is 103 Å². The summed E-state index contributed by atoms with van der Waals surface area (Å²) in [5.74, 6) is -1.33. The highest BCUT2D eigenvalue weighted by atomic mass is 32.1. The zero-order chi connectivity index (χ0) is 12.3. The van der Waals surface area contributed by atoms with Gasteiger partial charge in [-0.1, -0.05) is 0 Å². The second-order valence-corrected chi connectivity index (χ2v) is 5.20. The van der Waals surface area contributed by atoms with Crippen LogP contribution in [0.5, 0.6) is 0 Å². The van der Waals surface area contributed by atoms with Gasteiger partial charge in [0.05, 0.1) is 18.0 Å². The predicted octanol–water partition coefficient (Wildman–Crippen LogP) is 1.26. The van der Waals surface area contributed by atoms with Crippen molar-refractivity contribution in [3.05, 3.63) is 16.6 Å². The Morgan fingerprint density at radius 3 is 2.82 bits per heavy atom. The molecule has 0 spiro atoms. The number of aromatic nitrogens is 1. The van der Waals surface area contributed by atoms with Gasteiger partial charge in [0.2, 0.25) is 5.91 Å². The molecule has 1 aromatic heterocycles. The van der Waals surface area contributed by atoms with Crippen molar-refractivity contribution in [2.75, 3.05) is 0 Å². The molecule has 1 heterocycles. The summed E-state index contributed by atoms with van der Waals surface area (Å²) >= 11 is 1.49. The maximum Gasteiger partial charge on any atom is 0.306 e. The van der Waals surface area contributed by atoms with Crippen LogP contribution in [0.2, 0.25) is 0 Å². The third-order valence-electron chi connectivity index (χ3n) is 3.07. The zero-order valence-corrected chi connectivity index (χ0v) is 10.1. The van der Waals surface area contributed by atoms with Gasteiger partial charge in [0.25, 0.3) is 0 Å². The summed E-state index contributed by atoms with van der Waals surface area (Å²) in [4.78, 5) is 27.5. The van der Waals surface area contributed by atoms with Crippen molar-refractivity contribution >= 4 is 23.2 Å². The summed E-state index contributed by atoms with van der Waals surface area (Å²) in [5.41, 5.74) is 1.72. The number of hydrogen-bond acceptors (Lipinski definition) is 4. The fraction of sp³-hybridized carbons (Fsp3) is 0.545. The first-order valence-corrected chi connectivity index (χ1v) is 6.42. The van der Waals surface area contributed by atoms with Crippen LogP contribution in [0.15, 0.2) is 11.7 Å². The van der Waals surface area contributed by atoms with Gasteiger partial charge in [-0.2, -0.15) is 0 Å². The molecule has 2 atom stereocenters. The van der Waals surface area contributed by atoms with Gasteiger partial charge < -0.3 is 10.4 Å². The van der Waals surface area contributed by atoms with Crippen LogP contribution in [0.25, 0.3) is 0 Å². The van der Waals surface area contributed by atoms with Crippen molar-refractivity contribution in [1.82, 2.24) is 10.3 Å². The number of carboxylic acids is 1. The van der Waals surface area contributed by atoms with Gasteiger partial charge in [-0.05, 0) is 19.3 Å². The van der Waals surface area contributed by atoms with Gasteiger partial charge >= 0.3 is 5.97 Å². The number of carboxylic acid groups (broad SMARTS) is 1. The van der Waals surface area contributed by atoms with Gasteiger partial charge in [-0.3, -0.25) is 14.6 Å². The topological polar surface area (TPSA) is 79.3 Å². The third kappa shape index (κ3) is 3.03. The van der Waals surface area contributed by atoms with Crippen LogP contribution in [-0.4, -0.2) is 22.0 Å². The summed E-state index contributed by atoms with van der Waals surface area (Å²) in [5, 5.41) is 11.7. The van der Waals surface area contributed by atoms with E-state index in [0.29, 0.717) is 25.8 Å². The van der Waals surface area contributed by atoms with E-state index in [1.165, 1.54) is 11.3 Å². The lowest BCUT2D eigenvalue weighted by atomic mass is 10.0. The van der Waals surface area contributed by atoms with Crippen molar-refractivity contribution in [3.8, 4) is 0 Å². The lowest BCUT2D eigenvalue weighted by molar-refractivity contribution is -0.141. The number of hydrogen-bond donors (Lipinski definition) is 2. The number of rotatable bonds is 4. The highest BCUT2D eigenvalue weighted by Gasteiger charge is 2.33. The van der Waals surface area contributed by atoms with Gasteiger partial charge in [0, 0.05) is 17.0 Å². The summed E-state index contributed by atoms with van der Waals surface area (Å²) in [7, 11) is 0. The number of amides is 1. The molecule has 2 N–H and O–H groups in total. The number of carbonyl (C=O) groups is 2. The number of carbonyl (C=O) groups excluding carboxylic acids is 1. The molecule has 1 aliphatic rings. The first-order chi connectivity index (χ1) is 8.16. The second kappa shape index (κ2) is 5.27. The van der Waals surface area contributed by atoms with E-state index in [0.717, 1.165) is 4.88 Å². The SMILES string of the molecule is O=C(O)C1CCC(C(=O)NCc2cncs2)C1. The number of aliphatic carboxylic acids is 1. The Bertz CT molecular complexity index is 405. The highest BCUT2D eigenvalue weighted by molar-refractivity contribution is 7.09. The van der Waals surface area contributed by atoms with Gasteiger partial charge in [0.15, 0.2) is 0 Å². The molecule has 17 heavy (non-hydrogen) atoms. The van der Waals surface area contributed by atoms with Crippen molar-refractivity contribution < 1.29 is 14.7 Å². The lowest BCUT2D eigenvalue weighted by Crippen LogP contribution is -2.29. The molecular formula is C11H14N2O3S. The molecule has 6 heteroatoms. The molecule has 0 aromatic carbocycles. The van der Waals surface area contributed by atoms with E-state index in [-0.39, 0.29) is 17.7 Å². The van der Waals surface area contributed by atoms with Crippen molar-refractivity contribution in [1.29, 1.82) is 0 Å². The van der Waals surface area contributed by atoms with Crippen LogP contribution in [0.3, 0.4) is 0 Å². The highest BCUT2D eigenvalue weighted by Crippen LogP contribution is 2.31. The molecule has 92 valence electrons. The van der Waals surface area contributed by atoms with Crippen LogP contribution < -0.4 is 5.32 Å². The fourth-order valence-corrected chi connectivity index (χ4v) is 2.63. The largest absolute Gasteiger partial charge is 0.481 e. The van der Waals surface area contributed by atoms with E-state index in [1.54, 1.807) is 11.7 Å². The molecular weight excluding hydrogens is 240 g/mol. The van der Waals surface area contributed by atoms with Crippen LogP contribution in [-0.2, 0) is 16.1 Å². The first-order valence-electron chi connectivity index (χ1n) is 5.54. The molecule has 0 radical (unpaired) electrons. The first kappa shape index (κ1) is 12.0. The minimum Gasteiger partial charge on any atom is -0.481 e. The maximum atomic E-state index is 11.8. The van der Waals surface area contributed by atoms with E-state index in [2.05, 4.69) is 10.3 Å². The quantitative estimate of drug-likeness (QED) is 0.847. The van der Waals surface area contributed by atoms with E-state index in [4.69, 9.17) is 5.11 Å². The van der Waals surface area contributed by atoms with E-state index >= 15 is 0 Å². The molecule has 0 bridgehead atoms. The van der Waals surface area contributed by atoms with E-state index in [1.807, 2.05) is 0 Å². The molecule has 1 amide bonds. The zero-order valence-electron chi connectivity index (χ0n) is 9.26. The molecule has 5 nitrogen and oxygen atoms in total. The van der Waals surface area contributed by atoms with Crippen molar-refractivity contribution in [2.45, 2.75) is 25.8 Å². The fourth-order valence-electron chi connectivity index (χ4n) is 2.09. The van der Waals surface area contributed by atoms with Crippen LogP contribution in [0.4, 0.5) is 0 Å². The van der Waals surface area contributed by atoms with E-state index < -0.39 is 5.97 Å². The normalized spacial score (nSPS) is 23.5. The molecule has 2 unspecified atom stereocenters. The van der Waals surface area contributed by atoms with Crippen molar-refractivity contribution in [3.63, 3.8) is 0 Å². The minimum absolute atomic E-state index is 0.0397. The van der Waals surface area contributed by atoms with Crippen LogP contribution in [0.1, 0.15) is 24.1 Å². The molecule has 2 rings (SSSR count). The number of nitrogens with zero attached hydrogens (tertiary/aromatic N) is 1. The van der Waals surface area contributed by atoms with Gasteiger partial charge in [-0.15, -0.1) is 11.3 Å². The molecule has 1 fully saturated rings. The average Bonchev–Trinajstić information content (AvgIpc) is 2.96. The molecule has 1 aliphatic carbocycles. The predicted molar refractivity (Wildman–Crippen MR) is 62.4 cm³/mol. The van der Waals surface area contributed by atoms with Crippen LogP contribution in [0, 0.1) is 11.8 Å². The maximum absolute atomic E-state index is 11.8. The monoisotopic (exact) mass is 254 g/mol. The second-order valence-electron chi connectivity index (χ2n) is 4.23. The third-order valence-corrected chi connectivity index (χ3v) is 3.85. The van der Waals surface area contributed by atoms with E-state index in [9.17, 15) is 9.59 Å². The van der Waals surface area contributed by atoms with Gasteiger partial charge in [-0.25, -0.2) is 0 Å². The van der Waals surface area contributed by atoms with Crippen molar-refractivity contribution in [2.24, 2.45) is 11.8 Å². The molecule has 1 saturated carbocycles. The smallest absolute Gasteiger partial charge is 0.306 e. The minimum atomic E-state index is -0.789. The Hall–Kier alpha value is -1.43. The standard InChI is InChI=1S/C11H14N2O3S/c14-10(13-5-9-4-12-6-17-9)7-1-2-8(3-7)11(15)16/h4,6-8H,1-3,5H2,(H,13,14)(H,15,16). The van der Waals surface area contributed by atoms with Crippen LogP contribution >= 0.6 is 11.3 Å². The average molecular weight is 254 g/mol. The Kier molecular flexibility index (Phi) is 3.73. The summed E-state index contributed by atoms with van der Waals surface area (Å²) in [6.07, 6.45) is 3.46. The lowest BCUT2D eigenvalue weighted by Gasteiger charge is -2.09. The Balaban J connectivity index is 1.79. The molecule has 0 aliphatic heterocycles. The molecule has 0 saturated heterocycles. The Morgan fingerprint density at radius 1 is 1.47 bits per heavy atom. The summed E-state index contributed by atoms with van der Waals surface area (Å²) in [6, 6.07) is 0. The summed E-state index contributed by atoms with van der Waals surface area (Å²) < 4.78 is 0.